The highest BCUT2D eigenvalue weighted by molar-refractivity contribution is 5.85. The summed E-state index contributed by atoms with van der Waals surface area (Å²) in [5.41, 5.74) is 4.03. The van der Waals surface area contributed by atoms with Crippen molar-refractivity contribution in [1.29, 1.82) is 0 Å². The van der Waals surface area contributed by atoms with E-state index in [0.717, 1.165) is 38.8 Å². The van der Waals surface area contributed by atoms with Crippen molar-refractivity contribution >= 4 is 16.9 Å². The van der Waals surface area contributed by atoms with Gasteiger partial charge in [0.15, 0.2) is 0 Å². The molecule has 5 heteroatoms. The lowest BCUT2D eigenvalue weighted by Gasteiger charge is -2.48. The number of esters is 1. The molecule has 0 amide bonds. The van der Waals surface area contributed by atoms with Crippen LogP contribution in [0.2, 0.25) is 0 Å². The van der Waals surface area contributed by atoms with Gasteiger partial charge in [-0.25, -0.2) is 0 Å². The number of para-hydroxylation sites is 1. The summed E-state index contributed by atoms with van der Waals surface area (Å²) in [6, 6.07) is 8.95. The van der Waals surface area contributed by atoms with Crippen molar-refractivity contribution in [2.24, 2.45) is 17.8 Å². The summed E-state index contributed by atoms with van der Waals surface area (Å²) < 4.78 is 5.05. The van der Waals surface area contributed by atoms with E-state index < -0.39 is 6.10 Å². The molecule has 5 rings (SSSR count). The number of H-pyrrole nitrogens is 1. The fourth-order valence-electron chi connectivity index (χ4n) is 6.01. The minimum atomic E-state index is -0.559. The maximum absolute atomic E-state index is 12.4. The molecule has 2 fully saturated rings. The van der Waals surface area contributed by atoms with Crippen LogP contribution in [0.4, 0.5) is 0 Å². The number of hydrogen-bond donors (Lipinski definition) is 3. The predicted octanol–water partition coefficient (Wildman–Crippen LogP) is 1.23. The number of aliphatic hydroxyl groups is 1. The molecule has 5 nitrogen and oxygen atoms in total. The Morgan fingerprint density at radius 1 is 1.31 bits per heavy atom. The Labute approximate surface area is 153 Å². The zero-order chi connectivity index (χ0) is 17.8. The third kappa shape index (κ3) is 2.33. The van der Waals surface area contributed by atoms with E-state index in [1.54, 1.807) is 4.90 Å². The second kappa shape index (κ2) is 6.10. The van der Waals surface area contributed by atoms with Gasteiger partial charge in [-0.05, 0) is 30.4 Å². The molecule has 3 aliphatic rings. The number of benzene rings is 1. The number of aromatic nitrogens is 1. The lowest BCUT2D eigenvalue weighted by Crippen LogP contribution is -3.15. The first-order valence-electron chi connectivity index (χ1n) is 9.87. The third-order valence-corrected chi connectivity index (χ3v) is 7.20. The van der Waals surface area contributed by atoms with Crippen LogP contribution in [-0.2, 0) is 16.0 Å². The van der Waals surface area contributed by atoms with Crippen molar-refractivity contribution in [2.45, 2.75) is 37.8 Å². The zero-order valence-electron chi connectivity index (χ0n) is 15.2. The first-order valence-corrected chi connectivity index (χ1v) is 9.87. The van der Waals surface area contributed by atoms with E-state index in [4.69, 9.17) is 4.74 Å². The Morgan fingerprint density at radius 3 is 3.00 bits per heavy atom. The summed E-state index contributed by atoms with van der Waals surface area (Å²) in [6.45, 7) is 2.26. The molecule has 138 valence electrons. The maximum atomic E-state index is 12.4. The third-order valence-electron chi connectivity index (χ3n) is 7.20. The van der Waals surface area contributed by atoms with Gasteiger partial charge in [-0.2, -0.15) is 0 Å². The van der Waals surface area contributed by atoms with Crippen LogP contribution in [0.15, 0.2) is 24.3 Å². The molecule has 1 aromatic heterocycles. The first kappa shape index (κ1) is 16.3. The van der Waals surface area contributed by atoms with Crippen LogP contribution < -0.4 is 4.90 Å². The van der Waals surface area contributed by atoms with Crippen molar-refractivity contribution in [3.05, 3.63) is 35.5 Å². The number of hydrogen-bond acceptors (Lipinski definition) is 3. The van der Waals surface area contributed by atoms with Gasteiger partial charge in [-0.3, -0.25) is 4.79 Å². The van der Waals surface area contributed by atoms with Crippen molar-refractivity contribution in [3.63, 3.8) is 0 Å². The number of aliphatic hydroxyl groups excluding tert-OH is 1. The number of carbonyl (C=O) groups excluding carboxylic acids is 1. The fourth-order valence-corrected chi connectivity index (χ4v) is 6.01. The fraction of sp³-hybridized carbons (Fsp3) is 0.571. The van der Waals surface area contributed by atoms with E-state index in [1.165, 1.54) is 29.3 Å². The number of quaternary nitrogens is 1. The molecule has 2 aliphatic heterocycles. The smallest absolute Gasteiger partial charge is 0.311 e. The normalized spacial score (nSPS) is 36.1. The number of carbonyl (C=O) groups is 1. The van der Waals surface area contributed by atoms with Gasteiger partial charge >= 0.3 is 5.97 Å². The highest BCUT2D eigenvalue weighted by atomic mass is 16.5. The molecule has 2 aromatic rings. The molecular weight excluding hydrogens is 328 g/mol. The van der Waals surface area contributed by atoms with Gasteiger partial charge in [0.2, 0.25) is 0 Å². The number of fused-ring (bicyclic) bond motifs is 6. The number of methoxy groups -OCH3 is 1. The number of piperidine rings is 1. The van der Waals surface area contributed by atoms with E-state index in [9.17, 15) is 9.90 Å². The average Bonchev–Trinajstić information content (AvgIpc) is 3.05. The Bertz CT molecular complexity index is 845. The van der Waals surface area contributed by atoms with Crippen LogP contribution in [0.1, 0.15) is 36.6 Å². The molecule has 6 atom stereocenters. The van der Waals surface area contributed by atoms with E-state index in [1.807, 2.05) is 0 Å². The highest BCUT2D eigenvalue weighted by Crippen LogP contribution is 2.43. The maximum Gasteiger partial charge on any atom is 0.311 e. The van der Waals surface area contributed by atoms with E-state index in [2.05, 4.69) is 29.2 Å². The minimum Gasteiger partial charge on any atom is -0.469 e. The van der Waals surface area contributed by atoms with Crippen LogP contribution in [0, 0.1) is 17.8 Å². The molecule has 1 saturated carbocycles. The van der Waals surface area contributed by atoms with Gasteiger partial charge in [-0.1, -0.05) is 18.2 Å². The minimum absolute atomic E-state index is 0.220. The molecule has 0 radical (unpaired) electrons. The van der Waals surface area contributed by atoms with Crippen molar-refractivity contribution in [3.8, 4) is 0 Å². The van der Waals surface area contributed by atoms with Crippen LogP contribution in [0.5, 0.6) is 0 Å². The zero-order valence-corrected chi connectivity index (χ0v) is 15.2. The molecule has 1 aromatic carbocycles. The molecule has 3 heterocycles. The molecule has 1 unspecified atom stereocenters. The Morgan fingerprint density at radius 2 is 2.15 bits per heavy atom. The highest BCUT2D eigenvalue weighted by Gasteiger charge is 2.51. The Balaban J connectivity index is 1.52. The van der Waals surface area contributed by atoms with Crippen LogP contribution in [0.3, 0.4) is 0 Å². The van der Waals surface area contributed by atoms with Gasteiger partial charge in [0, 0.05) is 29.7 Å². The van der Waals surface area contributed by atoms with E-state index >= 15 is 0 Å². The van der Waals surface area contributed by atoms with Gasteiger partial charge in [0.25, 0.3) is 0 Å². The number of aromatic amines is 1. The predicted molar refractivity (Wildman–Crippen MR) is 97.8 cm³/mol. The summed E-state index contributed by atoms with van der Waals surface area (Å²) in [5, 5.41) is 11.8. The van der Waals surface area contributed by atoms with Crippen molar-refractivity contribution in [1.82, 2.24) is 4.98 Å². The average molecular weight is 355 g/mol. The largest absolute Gasteiger partial charge is 0.469 e. The number of ether oxygens (including phenoxy) is 1. The number of nitrogens with one attached hydrogen (secondary N) is 2. The Hall–Kier alpha value is -1.85. The summed E-state index contributed by atoms with van der Waals surface area (Å²) in [6.07, 6.45) is 3.25. The second-order valence-electron chi connectivity index (χ2n) is 8.33. The van der Waals surface area contributed by atoms with Crippen LogP contribution in [0.25, 0.3) is 10.9 Å². The summed E-state index contributed by atoms with van der Waals surface area (Å²) in [5.74, 6) is 0.135. The van der Waals surface area contributed by atoms with Crippen LogP contribution in [-0.4, -0.2) is 42.4 Å². The number of rotatable bonds is 1. The summed E-state index contributed by atoms with van der Waals surface area (Å²) in [7, 11) is 1.44. The first-order chi connectivity index (χ1) is 12.7. The monoisotopic (exact) mass is 355 g/mol. The lowest BCUT2D eigenvalue weighted by atomic mass is 9.65. The van der Waals surface area contributed by atoms with E-state index in [0.29, 0.717) is 12.0 Å². The van der Waals surface area contributed by atoms with Gasteiger partial charge in [0.05, 0.1) is 37.9 Å². The van der Waals surface area contributed by atoms with Gasteiger partial charge in [-0.15, -0.1) is 0 Å². The molecule has 0 spiro atoms. The molecule has 3 N–H and O–H groups in total. The molecule has 1 saturated heterocycles. The second-order valence-corrected chi connectivity index (χ2v) is 8.33. The van der Waals surface area contributed by atoms with Crippen LogP contribution >= 0.6 is 0 Å². The summed E-state index contributed by atoms with van der Waals surface area (Å²) >= 11 is 0. The van der Waals surface area contributed by atoms with Crippen molar-refractivity contribution < 1.29 is 19.5 Å². The molecule has 26 heavy (non-hydrogen) atoms. The summed E-state index contributed by atoms with van der Waals surface area (Å²) in [4.78, 5) is 17.7. The standard InChI is InChI=1S/C21H26N2O3/c1-26-21(25)19-15-10-17-20-14(13-4-2-3-5-16(13)22-20)8-9-23(17)11-12(15)6-7-18(19)24/h2-5,12,15,17-19,22,24H,6-11H2,1H3/p+1/t12-,15-,17+,18+,19-/m0/s1. The topological polar surface area (TPSA) is 66.8 Å². The van der Waals surface area contributed by atoms with Gasteiger partial charge < -0.3 is 19.7 Å². The molecule has 1 aliphatic carbocycles. The quantitative estimate of drug-likeness (QED) is 0.674. The van der Waals surface area contributed by atoms with Gasteiger partial charge in [0.1, 0.15) is 6.04 Å². The van der Waals surface area contributed by atoms with E-state index in [-0.39, 0.29) is 17.8 Å². The molecule has 0 bridgehead atoms. The van der Waals surface area contributed by atoms with Crippen molar-refractivity contribution in [2.75, 3.05) is 20.2 Å². The lowest BCUT2D eigenvalue weighted by molar-refractivity contribution is -0.945. The molecular formula is C21H27N2O3+. The Kier molecular flexibility index (Phi) is 3.83. The SMILES string of the molecule is COC(=O)[C@H]1[C@H]2C[C@@H]3c4[nH]c5ccccc5c4CC[NH+]3C[C@@H]2CC[C@H]1O.